The molecule has 0 radical (unpaired) electrons. The molecule has 2 heterocycles. The highest BCUT2D eigenvalue weighted by atomic mass is 32.2. The molecule has 0 aliphatic carbocycles. The Morgan fingerprint density at radius 3 is 2.88 bits per heavy atom. The molecule has 0 bridgehead atoms. The highest BCUT2D eigenvalue weighted by molar-refractivity contribution is 8.07. The molecule has 2 rings (SSSR count). The zero-order valence-corrected chi connectivity index (χ0v) is 10.7. The van der Waals surface area contributed by atoms with Gasteiger partial charge in [0.1, 0.15) is 5.82 Å². The van der Waals surface area contributed by atoms with Gasteiger partial charge in [0.25, 0.3) is 0 Å². The number of aromatic nitrogens is 1. The number of pyridine rings is 1. The van der Waals surface area contributed by atoms with Crippen molar-refractivity contribution in [2.24, 2.45) is 5.73 Å². The lowest BCUT2D eigenvalue weighted by Gasteiger charge is -2.32. The molecule has 1 aromatic rings. The molecule has 1 aromatic heterocycles. The van der Waals surface area contributed by atoms with E-state index in [1.807, 2.05) is 23.5 Å². The lowest BCUT2D eigenvalue weighted by Crippen LogP contribution is -2.34. The van der Waals surface area contributed by atoms with Crippen LogP contribution in [-0.2, 0) is 0 Å². The van der Waals surface area contributed by atoms with Crippen LogP contribution in [0.15, 0.2) is 18.5 Å². The molecule has 3 atom stereocenters. The first-order chi connectivity index (χ1) is 7.68. The maximum Gasteiger partial charge on any atom is 0.141 e. The van der Waals surface area contributed by atoms with Crippen molar-refractivity contribution in [3.63, 3.8) is 0 Å². The predicted molar refractivity (Wildman–Crippen MR) is 69.3 cm³/mol. The van der Waals surface area contributed by atoms with Crippen molar-refractivity contribution in [1.82, 2.24) is 4.98 Å². The van der Waals surface area contributed by atoms with Gasteiger partial charge in [-0.15, -0.1) is 0 Å². The summed E-state index contributed by atoms with van der Waals surface area (Å²) in [6.45, 7) is 2.19. The number of thioether (sulfide) groups is 2. The largest absolute Gasteiger partial charge is 0.323 e. The van der Waals surface area contributed by atoms with Crippen molar-refractivity contribution in [3.8, 4) is 0 Å². The molecule has 0 amide bonds. The molecule has 5 heteroatoms. The summed E-state index contributed by atoms with van der Waals surface area (Å²) in [7, 11) is 0. The van der Waals surface area contributed by atoms with Crippen LogP contribution < -0.4 is 5.73 Å². The number of nitrogens with two attached hydrogens (primary N) is 1. The van der Waals surface area contributed by atoms with Crippen LogP contribution in [0.1, 0.15) is 18.5 Å². The first-order valence-electron chi connectivity index (χ1n) is 5.27. The van der Waals surface area contributed by atoms with Gasteiger partial charge >= 0.3 is 0 Å². The third-order valence-electron chi connectivity index (χ3n) is 2.70. The number of hydrogen-bond acceptors (Lipinski definition) is 4. The Bertz CT molecular complexity index is 362. The molecule has 2 nitrogen and oxygen atoms in total. The van der Waals surface area contributed by atoms with Crippen LogP contribution in [-0.4, -0.2) is 27.0 Å². The van der Waals surface area contributed by atoms with Crippen LogP contribution in [0.5, 0.6) is 0 Å². The van der Waals surface area contributed by atoms with Gasteiger partial charge in [-0.3, -0.25) is 4.98 Å². The average molecular weight is 258 g/mol. The van der Waals surface area contributed by atoms with E-state index in [1.54, 1.807) is 6.20 Å². The van der Waals surface area contributed by atoms with Crippen LogP contribution >= 0.6 is 23.5 Å². The molecule has 0 aromatic carbocycles. The van der Waals surface area contributed by atoms with Crippen LogP contribution in [0.3, 0.4) is 0 Å². The van der Waals surface area contributed by atoms with Gasteiger partial charge in [-0.1, -0.05) is 6.92 Å². The molecular weight excluding hydrogens is 243 g/mol. The normalized spacial score (nSPS) is 27.7. The molecule has 88 valence electrons. The maximum atomic E-state index is 13.1. The second kappa shape index (κ2) is 5.38. The van der Waals surface area contributed by atoms with Gasteiger partial charge in [0, 0.05) is 34.2 Å². The minimum Gasteiger partial charge on any atom is -0.323 e. The Hall–Kier alpha value is -0.260. The van der Waals surface area contributed by atoms with Crippen LogP contribution in [0.25, 0.3) is 0 Å². The number of rotatable bonds is 2. The third-order valence-corrected chi connectivity index (χ3v) is 5.92. The molecule has 1 aliphatic rings. The minimum absolute atomic E-state index is 0.129. The maximum absolute atomic E-state index is 13.1. The summed E-state index contributed by atoms with van der Waals surface area (Å²) in [5, 5.41) is 0.861. The Balaban J connectivity index is 2.14. The predicted octanol–water partition coefficient (Wildman–Crippen LogP) is 2.46. The molecule has 1 fully saturated rings. The first kappa shape index (κ1) is 12.2. The molecule has 16 heavy (non-hydrogen) atoms. The molecule has 0 saturated carbocycles. The number of nitrogens with zero attached hydrogens (tertiary/aromatic N) is 1. The van der Waals surface area contributed by atoms with E-state index in [2.05, 4.69) is 11.9 Å². The molecule has 0 spiro atoms. The molecule has 3 unspecified atom stereocenters. The van der Waals surface area contributed by atoms with Gasteiger partial charge in [-0.2, -0.15) is 23.5 Å². The van der Waals surface area contributed by atoms with Gasteiger partial charge in [-0.25, -0.2) is 4.39 Å². The third kappa shape index (κ3) is 2.70. The van der Waals surface area contributed by atoms with Gasteiger partial charge in [0.2, 0.25) is 0 Å². The van der Waals surface area contributed by atoms with Crippen molar-refractivity contribution in [2.45, 2.75) is 23.5 Å². The fraction of sp³-hybridized carbons (Fsp3) is 0.545. The zero-order valence-electron chi connectivity index (χ0n) is 9.10. The molecule has 1 aliphatic heterocycles. The Morgan fingerprint density at radius 2 is 2.19 bits per heavy atom. The SMILES string of the molecule is CC1SCCSC1C(N)c1cncc(F)c1. The lowest BCUT2D eigenvalue weighted by atomic mass is 10.0. The van der Waals surface area contributed by atoms with Gasteiger partial charge in [0.05, 0.1) is 6.20 Å². The standard InChI is InChI=1S/C11H15FN2S2/c1-7-11(16-3-2-15-7)10(13)8-4-9(12)6-14-5-8/h4-7,10-11H,2-3,13H2,1H3. The van der Waals surface area contributed by atoms with Crippen molar-refractivity contribution in [1.29, 1.82) is 0 Å². The summed E-state index contributed by atoms with van der Waals surface area (Å²) < 4.78 is 13.1. The van der Waals surface area contributed by atoms with Crippen molar-refractivity contribution < 1.29 is 4.39 Å². The van der Waals surface area contributed by atoms with Crippen molar-refractivity contribution in [3.05, 3.63) is 29.8 Å². The second-order valence-electron chi connectivity index (χ2n) is 3.87. The molecule has 1 saturated heterocycles. The van der Waals surface area contributed by atoms with E-state index in [0.717, 1.165) is 11.3 Å². The minimum atomic E-state index is -0.311. The topological polar surface area (TPSA) is 38.9 Å². The monoisotopic (exact) mass is 258 g/mol. The highest BCUT2D eigenvalue weighted by Gasteiger charge is 2.29. The van der Waals surface area contributed by atoms with E-state index in [-0.39, 0.29) is 11.9 Å². The highest BCUT2D eigenvalue weighted by Crippen LogP contribution is 2.37. The number of halogens is 1. The summed E-state index contributed by atoms with van der Waals surface area (Å²) in [5.74, 6) is 1.99. The van der Waals surface area contributed by atoms with Crippen molar-refractivity contribution >= 4 is 23.5 Å². The lowest BCUT2D eigenvalue weighted by molar-refractivity contribution is 0.604. The fourth-order valence-electron chi connectivity index (χ4n) is 1.84. The van der Waals surface area contributed by atoms with Crippen LogP contribution in [0, 0.1) is 5.82 Å². The Morgan fingerprint density at radius 1 is 1.44 bits per heavy atom. The van der Waals surface area contributed by atoms with E-state index in [9.17, 15) is 4.39 Å². The average Bonchev–Trinajstić information content (AvgIpc) is 2.29. The van der Waals surface area contributed by atoms with Crippen LogP contribution in [0.4, 0.5) is 4.39 Å². The summed E-state index contributed by atoms with van der Waals surface area (Å²) in [6, 6.07) is 1.36. The van der Waals surface area contributed by atoms with E-state index >= 15 is 0 Å². The number of hydrogen-bond donors (Lipinski definition) is 1. The molecule has 2 N–H and O–H groups in total. The van der Waals surface area contributed by atoms with E-state index in [1.165, 1.54) is 18.0 Å². The molecular formula is C11H15FN2S2. The van der Waals surface area contributed by atoms with E-state index in [0.29, 0.717) is 10.5 Å². The van der Waals surface area contributed by atoms with E-state index < -0.39 is 0 Å². The van der Waals surface area contributed by atoms with Gasteiger partial charge in [-0.05, 0) is 11.6 Å². The first-order valence-corrected chi connectivity index (χ1v) is 7.37. The second-order valence-corrected chi connectivity index (χ2v) is 6.64. The van der Waals surface area contributed by atoms with E-state index in [4.69, 9.17) is 5.73 Å². The summed E-state index contributed by atoms with van der Waals surface area (Å²) in [4.78, 5) is 3.85. The quantitative estimate of drug-likeness (QED) is 0.884. The Kier molecular flexibility index (Phi) is 4.10. The summed E-state index contributed by atoms with van der Waals surface area (Å²) in [5.41, 5.74) is 6.99. The smallest absolute Gasteiger partial charge is 0.141 e. The van der Waals surface area contributed by atoms with Gasteiger partial charge in [0.15, 0.2) is 0 Å². The van der Waals surface area contributed by atoms with Gasteiger partial charge < -0.3 is 5.73 Å². The van der Waals surface area contributed by atoms with Crippen LogP contribution in [0.2, 0.25) is 0 Å². The Labute approximate surface area is 104 Å². The fourth-order valence-corrected chi connectivity index (χ4v) is 4.72. The summed E-state index contributed by atoms with van der Waals surface area (Å²) >= 11 is 3.82. The summed E-state index contributed by atoms with van der Waals surface area (Å²) in [6.07, 6.45) is 2.88. The van der Waals surface area contributed by atoms with Crippen molar-refractivity contribution in [2.75, 3.05) is 11.5 Å². The zero-order chi connectivity index (χ0) is 11.5.